The maximum absolute atomic E-state index is 15.8. The Morgan fingerprint density at radius 3 is 1.60 bits per heavy atom. The van der Waals surface area contributed by atoms with Gasteiger partial charge in [0, 0.05) is 62.0 Å². The van der Waals surface area contributed by atoms with Crippen molar-refractivity contribution in [1.29, 1.82) is 0 Å². The number of para-hydroxylation sites is 2. The Bertz CT molecular complexity index is 3080. The summed E-state index contributed by atoms with van der Waals surface area (Å²) in [5.74, 6) is -2.03. The highest BCUT2D eigenvalue weighted by Gasteiger charge is 2.36. The predicted molar refractivity (Wildman–Crippen MR) is 231 cm³/mol. The summed E-state index contributed by atoms with van der Waals surface area (Å²) >= 11 is 0. The van der Waals surface area contributed by atoms with Crippen LogP contribution in [0.25, 0.3) is 71.9 Å². The van der Waals surface area contributed by atoms with Gasteiger partial charge in [-0.3, -0.25) is 4.57 Å². The molecule has 58 heavy (non-hydrogen) atoms. The molecule has 5 aromatic carbocycles. The van der Waals surface area contributed by atoms with Crippen molar-refractivity contribution in [2.45, 2.75) is 78.6 Å². The number of benzene rings is 5. The van der Waals surface area contributed by atoms with Gasteiger partial charge < -0.3 is 4.57 Å². The van der Waals surface area contributed by atoms with Crippen molar-refractivity contribution >= 4 is 43.6 Å². The second-order valence-electron chi connectivity index (χ2n) is 18.5. The first kappa shape index (κ1) is 37.4. The van der Waals surface area contributed by atoms with Gasteiger partial charge in [-0.2, -0.15) is 5.10 Å². The molecular weight excluding hydrogens is 728 g/mol. The third-order valence-corrected chi connectivity index (χ3v) is 11.2. The molecule has 0 unspecified atom stereocenters. The van der Waals surface area contributed by atoms with Crippen molar-refractivity contribution in [1.82, 2.24) is 23.9 Å². The number of fused-ring (bicyclic) bond motifs is 6. The molecule has 0 fully saturated rings. The Morgan fingerprint density at radius 2 is 1.02 bits per heavy atom. The number of halogens is 3. The summed E-state index contributed by atoms with van der Waals surface area (Å²) < 4.78 is 52.2. The zero-order chi connectivity index (χ0) is 41.1. The second-order valence-corrected chi connectivity index (χ2v) is 18.5. The van der Waals surface area contributed by atoms with E-state index >= 15 is 8.78 Å². The summed E-state index contributed by atoms with van der Waals surface area (Å²) in [5, 5.41) is 9.57. The van der Waals surface area contributed by atoms with Gasteiger partial charge in [-0.15, -0.1) is 0 Å². The molecule has 0 N–H and O–H groups in total. The number of aromatic nitrogens is 5. The van der Waals surface area contributed by atoms with Crippen molar-refractivity contribution < 1.29 is 13.2 Å². The molecule has 0 bridgehead atoms. The summed E-state index contributed by atoms with van der Waals surface area (Å²) in [6.07, 6.45) is 1.89. The Balaban J connectivity index is 1.33. The van der Waals surface area contributed by atoms with E-state index in [0.717, 1.165) is 72.9 Å². The largest absolute Gasteiger partial charge is 0.309 e. The summed E-state index contributed by atoms with van der Waals surface area (Å²) in [5.41, 5.74) is 6.91. The lowest BCUT2D eigenvalue weighted by Gasteiger charge is -2.24. The van der Waals surface area contributed by atoms with Crippen LogP contribution in [0, 0.1) is 17.5 Å². The fourth-order valence-electron chi connectivity index (χ4n) is 8.56. The first-order chi connectivity index (χ1) is 27.4. The van der Waals surface area contributed by atoms with E-state index in [4.69, 9.17) is 10.1 Å². The van der Waals surface area contributed by atoms with E-state index in [1.165, 1.54) is 5.56 Å². The van der Waals surface area contributed by atoms with Crippen LogP contribution in [-0.2, 0) is 16.2 Å². The topological polar surface area (TPSA) is 40.6 Å². The highest BCUT2D eigenvalue weighted by atomic mass is 19.1. The van der Waals surface area contributed by atoms with Crippen molar-refractivity contribution in [2.75, 3.05) is 0 Å². The minimum Gasteiger partial charge on any atom is -0.309 e. The molecule has 9 rings (SSSR count). The minimum absolute atomic E-state index is 0.0561. The first-order valence-electron chi connectivity index (χ1n) is 19.7. The highest BCUT2D eigenvalue weighted by Crippen LogP contribution is 2.45. The summed E-state index contributed by atoms with van der Waals surface area (Å²) in [7, 11) is 0. The van der Waals surface area contributed by atoms with Gasteiger partial charge in [0.1, 0.15) is 23.3 Å². The molecule has 0 radical (unpaired) electrons. The van der Waals surface area contributed by atoms with Crippen LogP contribution in [-0.4, -0.2) is 23.9 Å². The quantitative estimate of drug-likeness (QED) is 0.179. The third kappa shape index (κ3) is 5.91. The van der Waals surface area contributed by atoms with Crippen LogP contribution in [0.15, 0.2) is 115 Å². The van der Waals surface area contributed by atoms with E-state index in [0.29, 0.717) is 17.0 Å². The summed E-state index contributed by atoms with van der Waals surface area (Å²) in [6.45, 7) is 18.6. The molecule has 5 nitrogen and oxygen atoms in total. The Labute approximate surface area is 336 Å². The van der Waals surface area contributed by atoms with E-state index in [1.807, 2.05) is 64.6 Å². The van der Waals surface area contributed by atoms with Gasteiger partial charge in [0.15, 0.2) is 0 Å². The lowest BCUT2D eigenvalue weighted by atomic mass is 9.80. The third-order valence-electron chi connectivity index (χ3n) is 11.2. The van der Waals surface area contributed by atoms with Gasteiger partial charge >= 0.3 is 0 Å². The fourth-order valence-corrected chi connectivity index (χ4v) is 8.56. The normalized spacial score (nSPS) is 12.8. The monoisotopic (exact) mass is 773 g/mol. The first-order valence-corrected chi connectivity index (χ1v) is 19.7. The molecule has 0 saturated carbocycles. The zero-order valence-electron chi connectivity index (χ0n) is 34.3. The minimum atomic E-state index is -0.965. The molecule has 0 aliphatic carbocycles. The van der Waals surface area contributed by atoms with Crippen molar-refractivity contribution in [2.24, 2.45) is 0 Å². The van der Waals surface area contributed by atoms with Crippen LogP contribution in [0.5, 0.6) is 0 Å². The van der Waals surface area contributed by atoms with Gasteiger partial charge in [-0.05, 0) is 59.5 Å². The average molecular weight is 774 g/mol. The molecule has 0 aliphatic rings. The molecule has 9 aromatic rings. The lowest BCUT2D eigenvalue weighted by Crippen LogP contribution is -2.19. The van der Waals surface area contributed by atoms with Gasteiger partial charge in [-0.1, -0.05) is 111 Å². The van der Waals surface area contributed by atoms with E-state index < -0.39 is 28.3 Å². The molecule has 4 aromatic heterocycles. The summed E-state index contributed by atoms with van der Waals surface area (Å²) in [6, 6.07) is 35.4. The molecule has 8 heteroatoms. The molecule has 0 atom stereocenters. The van der Waals surface area contributed by atoms with Crippen molar-refractivity contribution in [3.63, 3.8) is 0 Å². The van der Waals surface area contributed by atoms with Gasteiger partial charge in [0.25, 0.3) is 0 Å². The Hall–Kier alpha value is -6.15. The van der Waals surface area contributed by atoms with Crippen molar-refractivity contribution in [3.8, 4) is 28.3 Å². The maximum atomic E-state index is 15.8. The molecule has 0 spiro atoms. The van der Waals surface area contributed by atoms with Gasteiger partial charge in [0.05, 0.1) is 44.7 Å². The average Bonchev–Trinajstić information content (AvgIpc) is 3.82. The maximum Gasteiger partial charge on any atom is 0.137 e. The number of hydrogen-bond donors (Lipinski definition) is 0. The van der Waals surface area contributed by atoms with Crippen LogP contribution >= 0.6 is 0 Å². The smallest absolute Gasteiger partial charge is 0.137 e. The van der Waals surface area contributed by atoms with Crippen LogP contribution in [0.3, 0.4) is 0 Å². The van der Waals surface area contributed by atoms with Crippen LogP contribution in [0.4, 0.5) is 13.2 Å². The fraction of sp³-hybridized carbons (Fsp3) is 0.240. The van der Waals surface area contributed by atoms with Crippen LogP contribution < -0.4 is 0 Å². The van der Waals surface area contributed by atoms with E-state index in [1.54, 1.807) is 0 Å². The van der Waals surface area contributed by atoms with Gasteiger partial charge in [-0.25, -0.2) is 22.8 Å². The number of rotatable bonds is 4. The molecule has 292 valence electrons. The van der Waals surface area contributed by atoms with E-state index in [2.05, 4.69) is 115 Å². The van der Waals surface area contributed by atoms with E-state index in [-0.39, 0.29) is 11.0 Å². The Kier molecular flexibility index (Phi) is 8.35. The molecule has 4 heterocycles. The second kappa shape index (κ2) is 12.9. The summed E-state index contributed by atoms with van der Waals surface area (Å²) in [4.78, 5) is 4.91. The SMILES string of the molecule is CC(C)(C)c1ccnc(-n2c3ccccc3c3ccc(-n4c5ccccc5c5ccc(-n6nc(C(C)(C)C)c(-c7c(F)cc(F)cc7F)c6C(C)(C)C)cc54)cc32)c1. The van der Waals surface area contributed by atoms with Crippen LogP contribution in [0.2, 0.25) is 0 Å². The van der Waals surface area contributed by atoms with Gasteiger partial charge in [0.2, 0.25) is 0 Å². The Morgan fingerprint density at radius 1 is 0.483 bits per heavy atom. The number of pyridine rings is 1. The molecule has 0 saturated heterocycles. The lowest BCUT2D eigenvalue weighted by molar-refractivity contribution is 0.535. The molecular formula is C50H46F3N5. The zero-order valence-corrected chi connectivity index (χ0v) is 34.3. The van der Waals surface area contributed by atoms with Crippen molar-refractivity contribution in [3.05, 3.63) is 150 Å². The highest BCUT2D eigenvalue weighted by molar-refractivity contribution is 6.12. The molecule has 0 aliphatic heterocycles. The number of hydrogen-bond acceptors (Lipinski definition) is 2. The standard InChI is InChI=1S/C50H46F3N5/c1-48(2,3)29-22-23-54-43(24-29)57-40-17-13-11-15-34(40)36-20-18-31(27-42(36)57)56-39-16-12-10-14-33(39)35-21-19-32(28-41(35)56)58-47(50(7,8)9)45(46(55-58)49(4,5)6)44-37(52)25-30(51)26-38(44)53/h10-28H,1-9H3. The predicted octanol–water partition coefficient (Wildman–Crippen LogP) is 13.4. The van der Waals surface area contributed by atoms with E-state index in [9.17, 15) is 4.39 Å². The van der Waals surface area contributed by atoms with Crippen LogP contribution in [0.1, 0.15) is 79.3 Å². The molecule has 0 amide bonds. The number of nitrogens with zero attached hydrogens (tertiary/aromatic N) is 5.